The molecule has 0 aliphatic carbocycles. The Morgan fingerprint density at radius 3 is 2.30 bits per heavy atom. The zero-order chi connectivity index (χ0) is 13.9. The average Bonchev–Trinajstić information content (AvgIpc) is 2.51. The summed E-state index contributed by atoms with van der Waals surface area (Å²) in [6.07, 6.45) is 0. The van der Waals surface area contributed by atoms with Gasteiger partial charge in [-0.3, -0.25) is 4.79 Å². The van der Waals surface area contributed by atoms with E-state index < -0.39 is 0 Å². The van der Waals surface area contributed by atoms with Crippen LogP contribution in [-0.4, -0.2) is 10.2 Å². The maximum absolute atomic E-state index is 11.2. The molecule has 0 aliphatic heterocycles. The van der Waals surface area contributed by atoms with Gasteiger partial charge >= 0.3 is 0 Å². The molecule has 0 amide bonds. The summed E-state index contributed by atoms with van der Waals surface area (Å²) in [5.41, 5.74) is 9.21. The summed E-state index contributed by atoms with van der Waals surface area (Å²) in [4.78, 5) is 11.2. The van der Waals surface area contributed by atoms with E-state index in [1.807, 2.05) is 54.6 Å². The molecule has 2 aromatic carbocycles. The predicted octanol–water partition coefficient (Wildman–Crippen LogP) is 2.69. The van der Waals surface area contributed by atoms with Crippen molar-refractivity contribution in [1.29, 1.82) is 0 Å². The third-order valence-corrected chi connectivity index (χ3v) is 3.10. The summed E-state index contributed by atoms with van der Waals surface area (Å²) >= 11 is 0. The van der Waals surface area contributed by atoms with Crippen molar-refractivity contribution in [1.82, 2.24) is 10.2 Å². The first-order valence-electron chi connectivity index (χ1n) is 6.25. The van der Waals surface area contributed by atoms with Gasteiger partial charge in [-0.05, 0) is 23.3 Å². The van der Waals surface area contributed by atoms with Crippen molar-refractivity contribution in [2.45, 2.75) is 0 Å². The van der Waals surface area contributed by atoms with Crippen molar-refractivity contribution < 1.29 is 0 Å². The number of rotatable bonds is 2. The zero-order valence-corrected chi connectivity index (χ0v) is 10.7. The summed E-state index contributed by atoms with van der Waals surface area (Å²) in [6, 6.07) is 19.6. The van der Waals surface area contributed by atoms with Crippen LogP contribution in [0.4, 0.5) is 5.69 Å². The number of aromatic nitrogens is 2. The molecule has 20 heavy (non-hydrogen) atoms. The average molecular weight is 263 g/mol. The lowest BCUT2D eigenvalue weighted by Gasteiger charge is -2.05. The second-order valence-electron chi connectivity index (χ2n) is 4.48. The van der Waals surface area contributed by atoms with E-state index in [9.17, 15) is 4.79 Å². The van der Waals surface area contributed by atoms with Crippen LogP contribution < -0.4 is 11.3 Å². The topological polar surface area (TPSA) is 71.8 Å². The highest BCUT2D eigenvalue weighted by Crippen LogP contribution is 2.24. The molecule has 0 radical (unpaired) electrons. The van der Waals surface area contributed by atoms with E-state index in [1.54, 1.807) is 6.07 Å². The molecular formula is C16H13N3O. The molecule has 0 aliphatic rings. The molecule has 0 atom stereocenters. The minimum atomic E-state index is -0.368. The van der Waals surface area contributed by atoms with Gasteiger partial charge in [-0.25, -0.2) is 5.10 Å². The number of nitrogens with zero attached hydrogens (tertiary/aromatic N) is 1. The number of nitrogens with two attached hydrogens (primary N) is 1. The lowest BCUT2D eigenvalue weighted by Crippen LogP contribution is -2.13. The SMILES string of the molecule is Nc1cc(-c2cccc(-c3ccccc3)c2)n[nH]c1=O. The van der Waals surface area contributed by atoms with E-state index >= 15 is 0 Å². The van der Waals surface area contributed by atoms with Crippen LogP contribution in [0.5, 0.6) is 0 Å². The summed E-state index contributed by atoms with van der Waals surface area (Å²) in [5.74, 6) is 0. The Labute approximate surface area is 115 Å². The fraction of sp³-hybridized carbons (Fsp3) is 0. The van der Waals surface area contributed by atoms with Gasteiger partial charge in [-0.2, -0.15) is 5.10 Å². The highest BCUT2D eigenvalue weighted by Gasteiger charge is 2.04. The Bertz CT molecular complexity index is 794. The third kappa shape index (κ3) is 2.31. The van der Waals surface area contributed by atoms with Crippen molar-refractivity contribution in [3.05, 3.63) is 71.0 Å². The number of aromatic amines is 1. The van der Waals surface area contributed by atoms with Crippen LogP contribution in [0.2, 0.25) is 0 Å². The normalized spacial score (nSPS) is 10.4. The second kappa shape index (κ2) is 5.01. The number of hydrogen-bond acceptors (Lipinski definition) is 3. The summed E-state index contributed by atoms with van der Waals surface area (Å²) in [7, 11) is 0. The summed E-state index contributed by atoms with van der Waals surface area (Å²) < 4.78 is 0. The first-order valence-corrected chi connectivity index (χ1v) is 6.25. The van der Waals surface area contributed by atoms with Crippen molar-refractivity contribution >= 4 is 5.69 Å². The van der Waals surface area contributed by atoms with Crippen molar-refractivity contribution in [2.24, 2.45) is 0 Å². The first kappa shape index (κ1) is 12.2. The van der Waals surface area contributed by atoms with Gasteiger partial charge in [0, 0.05) is 5.56 Å². The van der Waals surface area contributed by atoms with Crippen LogP contribution in [0.25, 0.3) is 22.4 Å². The van der Waals surface area contributed by atoms with Crippen molar-refractivity contribution in [2.75, 3.05) is 5.73 Å². The van der Waals surface area contributed by atoms with Crippen LogP contribution >= 0.6 is 0 Å². The van der Waals surface area contributed by atoms with Crippen LogP contribution in [0.15, 0.2) is 65.5 Å². The quantitative estimate of drug-likeness (QED) is 0.746. The fourth-order valence-corrected chi connectivity index (χ4v) is 2.06. The molecule has 0 spiro atoms. The minimum Gasteiger partial charge on any atom is -0.394 e. The lowest BCUT2D eigenvalue weighted by molar-refractivity contribution is 1.000. The minimum absolute atomic E-state index is 0.167. The maximum atomic E-state index is 11.2. The number of nitrogens with one attached hydrogen (secondary N) is 1. The molecular weight excluding hydrogens is 250 g/mol. The largest absolute Gasteiger partial charge is 0.394 e. The van der Waals surface area contributed by atoms with E-state index in [1.165, 1.54) is 0 Å². The standard InChI is InChI=1S/C16H13N3O/c17-14-10-15(18-19-16(14)20)13-8-4-7-12(9-13)11-5-2-1-3-6-11/h1-10H,(H2,17,18)(H,19,20). The van der Waals surface area contributed by atoms with Gasteiger partial charge in [0.15, 0.2) is 0 Å². The Balaban J connectivity index is 2.07. The highest BCUT2D eigenvalue weighted by atomic mass is 16.1. The number of anilines is 1. The van der Waals surface area contributed by atoms with Gasteiger partial charge in [0.25, 0.3) is 5.56 Å². The molecule has 0 bridgehead atoms. The van der Waals surface area contributed by atoms with E-state index in [-0.39, 0.29) is 11.2 Å². The Morgan fingerprint density at radius 2 is 1.55 bits per heavy atom. The Morgan fingerprint density at radius 1 is 0.850 bits per heavy atom. The van der Waals surface area contributed by atoms with Crippen molar-refractivity contribution in [3.63, 3.8) is 0 Å². The molecule has 0 saturated carbocycles. The Hall–Kier alpha value is -2.88. The van der Waals surface area contributed by atoms with E-state index in [2.05, 4.69) is 10.2 Å². The third-order valence-electron chi connectivity index (χ3n) is 3.10. The maximum Gasteiger partial charge on any atom is 0.287 e. The first-order chi connectivity index (χ1) is 9.74. The molecule has 0 unspecified atom stereocenters. The zero-order valence-electron chi connectivity index (χ0n) is 10.7. The summed E-state index contributed by atoms with van der Waals surface area (Å²) in [5, 5.41) is 6.42. The smallest absolute Gasteiger partial charge is 0.287 e. The fourth-order valence-electron chi connectivity index (χ4n) is 2.06. The van der Waals surface area contributed by atoms with Gasteiger partial charge < -0.3 is 5.73 Å². The predicted molar refractivity (Wildman–Crippen MR) is 80.1 cm³/mol. The van der Waals surface area contributed by atoms with E-state index in [0.717, 1.165) is 16.7 Å². The molecule has 4 heteroatoms. The highest BCUT2D eigenvalue weighted by molar-refractivity contribution is 5.72. The van der Waals surface area contributed by atoms with Gasteiger partial charge in [-0.1, -0.05) is 48.5 Å². The van der Waals surface area contributed by atoms with Crippen LogP contribution in [-0.2, 0) is 0 Å². The molecule has 1 aromatic heterocycles. The second-order valence-corrected chi connectivity index (χ2v) is 4.48. The molecule has 3 aromatic rings. The molecule has 0 fully saturated rings. The van der Waals surface area contributed by atoms with Crippen LogP contribution in [0.1, 0.15) is 0 Å². The molecule has 4 nitrogen and oxygen atoms in total. The van der Waals surface area contributed by atoms with E-state index in [0.29, 0.717) is 5.69 Å². The number of benzene rings is 2. The van der Waals surface area contributed by atoms with Crippen LogP contribution in [0.3, 0.4) is 0 Å². The van der Waals surface area contributed by atoms with Gasteiger partial charge in [0.05, 0.1) is 5.69 Å². The van der Waals surface area contributed by atoms with Gasteiger partial charge in [0.2, 0.25) is 0 Å². The monoisotopic (exact) mass is 263 g/mol. The number of nitrogen functional groups attached to an aromatic ring is 1. The molecule has 98 valence electrons. The molecule has 3 N–H and O–H groups in total. The van der Waals surface area contributed by atoms with Gasteiger partial charge in [0.1, 0.15) is 5.69 Å². The van der Waals surface area contributed by atoms with Crippen molar-refractivity contribution in [3.8, 4) is 22.4 Å². The van der Waals surface area contributed by atoms with Crippen LogP contribution in [0, 0.1) is 0 Å². The number of hydrogen-bond donors (Lipinski definition) is 2. The van der Waals surface area contributed by atoms with E-state index in [4.69, 9.17) is 5.73 Å². The lowest BCUT2D eigenvalue weighted by atomic mass is 10.0. The molecule has 3 rings (SSSR count). The van der Waals surface area contributed by atoms with Gasteiger partial charge in [-0.15, -0.1) is 0 Å². The molecule has 1 heterocycles. The molecule has 0 saturated heterocycles. The summed E-state index contributed by atoms with van der Waals surface area (Å²) in [6.45, 7) is 0. The number of H-pyrrole nitrogens is 1. The Kier molecular flexibility index (Phi) is 3.05.